The molecule has 1 aliphatic heterocycles. The Morgan fingerprint density at radius 2 is 1.72 bits per heavy atom. The van der Waals surface area contributed by atoms with E-state index >= 15 is 0 Å². The van der Waals surface area contributed by atoms with Crippen molar-refractivity contribution in [3.8, 4) is 0 Å². The Labute approximate surface area is 108 Å². The van der Waals surface area contributed by atoms with E-state index < -0.39 is 0 Å². The molecule has 18 heavy (non-hydrogen) atoms. The first-order valence-electron chi connectivity index (χ1n) is 6.52. The third-order valence-corrected chi connectivity index (χ3v) is 2.99. The average Bonchev–Trinajstić information content (AvgIpc) is 2.63. The van der Waals surface area contributed by atoms with Crippen molar-refractivity contribution in [2.24, 2.45) is 5.73 Å². The fraction of sp³-hybridized carbons (Fsp3) is 0.833. The number of nitrogens with zero attached hydrogens (tertiary/aromatic N) is 2. The van der Waals surface area contributed by atoms with E-state index in [2.05, 4.69) is 0 Å². The molecule has 1 fully saturated rings. The van der Waals surface area contributed by atoms with E-state index in [9.17, 15) is 9.59 Å². The van der Waals surface area contributed by atoms with Gasteiger partial charge in [-0.3, -0.25) is 9.59 Å². The minimum absolute atomic E-state index is 0.0192. The van der Waals surface area contributed by atoms with E-state index in [1.165, 1.54) is 0 Å². The molecule has 0 spiro atoms. The smallest absolute Gasteiger partial charge is 0.248 e. The van der Waals surface area contributed by atoms with Gasteiger partial charge in [-0.2, -0.15) is 0 Å². The molecule has 2 N–H and O–H groups in total. The molecule has 1 heterocycles. The van der Waals surface area contributed by atoms with Crippen LogP contribution in [0.25, 0.3) is 0 Å². The summed E-state index contributed by atoms with van der Waals surface area (Å²) >= 11 is 0. The lowest BCUT2D eigenvalue weighted by Gasteiger charge is -2.21. The van der Waals surface area contributed by atoms with Crippen molar-refractivity contribution in [2.75, 3.05) is 45.9 Å². The highest BCUT2D eigenvalue weighted by molar-refractivity contribution is 5.78. The number of ether oxygens (including phenoxy) is 1. The van der Waals surface area contributed by atoms with Crippen molar-refractivity contribution in [1.29, 1.82) is 0 Å². The van der Waals surface area contributed by atoms with Crippen LogP contribution in [0.1, 0.15) is 19.8 Å². The molecule has 1 rings (SSSR count). The predicted octanol–water partition coefficient (Wildman–Crippen LogP) is -0.567. The summed E-state index contributed by atoms with van der Waals surface area (Å²) in [6.07, 6.45) is 1.35. The molecule has 6 nitrogen and oxygen atoms in total. The van der Waals surface area contributed by atoms with E-state index in [0.717, 1.165) is 13.0 Å². The quantitative estimate of drug-likeness (QED) is 0.669. The maximum atomic E-state index is 11.8. The minimum atomic E-state index is -0.0192. The van der Waals surface area contributed by atoms with Crippen LogP contribution in [0.2, 0.25) is 0 Å². The summed E-state index contributed by atoms with van der Waals surface area (Å²) in [5.41, 5.74) is 5.29. The van der Waals surface area contributed by atoms with Crippen LogP contribution >= 0.6 is 0 Å². The van der Waals surface area contributed by atoms with Crippen LogP contribution < -0.4 is 5.73 Å². The zero-order chi connectivity index (χ0) is 13.4. The van der Waals surface area contributed by atoms with Crippen LogP contribution in [0.5, 0.6) is 0 Å². The van der Waals surface area contributed by atoms with Crippen LogP contribution in [-0.4, -0.2) is 67.6 Å². The van der Waals surface area contributed by atoms with E-state index in [1.54, 1.807) is 4.90 Å². The lowest BCUT2D eigenvalue weighted by Crippen LogP contribution is -2.38. The fourth-order valence-corrected chi connectivity index (χ4v) is 1.97. The summed E-state index contributed by atoms with van der Waals surface area (Å²) in [6.45, 7) is 5.41. The van der Waals surface area contributed by atoms with Gasteiger partial charge in [-0.1, -0.05) is 6.92 Å². The Morgan fingerprint density at radius 1 is 1.11 bits per heavy atom. The Morgan fingerprint density at radius 3 is 2.28 bits per heavy atom. The SMILES string of the molecule is CCC(=O)N1CCCN(C(=O)COCCN)CC1. The van der Waals surface area contributed by atoms with E-state index in [-0.39, 0.29) is 18.4 Å². The lowest BCUT2D eigenvalue weighted by atomic mass is 10.3. The van der Waals surface area contributed by atoms with E-state index in [1.807, 2.05) is 11.8 Å². The van der Waals surface area contributed by atoms with Crippen LogP contribution in [0.15, 0.2) is 0 Å². The Kier molecular flexibility index (Phi) is 6.67. The van der Waals surface area contributed by atoms with Crippen LogP contribution in [0, 0.1) is 0 Å². The summed E-state index contributed by atoms with van der Waals surface area (Å²) in [4.78, 5) is 27.0. The number of carbonyl (C=O) groups excluding carboxylic acids is 2. The highest BCUT2D eigenvalue weighted by Gasteiger charge is 2.20. The van der Waals surface area contributed by atoms with Gasteiger partial charge in [0.25, 0.3) is 0 Å². The molecule has 0 bridgehead atoms. The van der Waals surface area contributed by atoms with Crippen molar-refractivity contribution in [3.63, 3.8) is 0 Å². The van der Waals surface area contributed by atoms with Gasteiger partial charge in [-0.25, -0.2) is 0 Å². The highest BCUT2D eigenvalue weighted by atomic mass is 16.5. The maximum Gasteiger partial charge on any atom is 0.248 e. The molecule has 104 valence electrons. The Hall–Kier alpha value is -1.14. The summed E-state index contributed by atoms with van der Waals surface area (Å²) in [7, 11) is 0. The minimum Gasteiger partial charge on any atom is -0.370 e. The van der Waals surface area contributed by atoms with Crippen LogP contribution in [-0.2, 0) is 14.3 Å². The molecule has 2 amide bonds. The number of nitrogens with two attached hydrogens (primary N) is 1. The van der Waals surface area contributed by atoms with Crippen molar-refractivity contribution >= 4 is 11.8 Å². The third-order valence-electron chi connectivity index (χ3n) is 2.99. The molecule has 0 atom stereocenters. The molecule has 0 aliphatic carbocycles. The molecule has 0 unspecified atom stereocenters. The Balaban J connectivity index is 2.36. The van der Waals surface area contributed by atoms with Crippen molar-refractivity contribution in [1.82, 2.24) is 9.80 Å². The number of rotatable bonds is 5. The molecule has 0 aromatic carbocycles. The average molecular weight is 257 g/mol. The topological polar surface area (TPSA) is 75.9 Å². The summed E-state index contributed by atoms with van der Waals surface area (Å²) in [6, 6.07) is 0. The number of amides is 2. The van der Waals surface area contributed by atoms with Crippen LogP contribution in [0.3, 0.4) is 0 Å². The van der Waals surface area contributed by atoms with Gasteiger partial charge in [0.1, 0.15) is 6.61 Å². The zero-order valence-corrected chi connectivity index (χ0v) is 11.1. The second-order valence-electron chi connectivity index (χ2n) is 4.31. The van der Waals surface area contributed by atoms with Crippen molar-refractivity contribution < 1.29 is 14.3 Å². The molecular weight excluding hydrogens is 234 g/mol. The van der Waals surface area contributed by atoms with E-state index in [0.29, 0.717) is 39.2 Å². The van der Waals surface area contributed by atoms with E-state index in [4.69, 9.17) is 10.5 Å². The summed E-state index contributed by atoms with van der Waals surface area (Å²) < 4.78 is 5.14. The first-order chi connectivity index (χ1) is 8.69. The van der Waals surface area contributed by atoms with Gasteiger partial charge in [0.2, 0.25) is 11.8 Å². The maximum absolute atomic E-state index is 11.8. The summed E-state index contributed by atoms with van der Waals surface area (Å²) in [5.74, 6) is 0.137. The first kappa shape index (κ1) is 14.9. The zero-order valence-electron chi connectivity index (χ0n) is 11.1. The van der Waals surface area contributed by atoms with Crippen molar-refractivity contribution in [2.45, 2.75) is 19.8 Å². The molecular formula is C12H23N3O3. The third kappa shape index (κ3) is 4.62. The van der Waals surface area contributed by atoms with Gasteiger partial charge in [-0.05, 0) is 6.42 Å². The standard InChI is InChI=1S/C12H23N3O3/c1-2-11(16)14-5-3-6-15(8-7-14)12(17)10-18-9-4-13/h2-10,13H2,1H3. The number of hydrogen-bond acceptors (Lipinski definition) is 4. The van der Waals surface area contributed by atoms with Crippen LogP contribution in [0.4, 0.5) is 0 Å². The molecule has 1 saturated heterocycles. The van der Waals surface area contributed by atoms with Gasteiger partial charge in [0.15, 0.2) is 0 Å². The predicted molar refractivity (Wildman–Crippen MR) is 67.9 cm³/mol. The molecule has 6 heteroatoms. The van der Waals surface area contributed by atoms with Crippen molar-refractivity contribution in [3.05, 3.63) is 0 Å². The molecule has 1 aliphatic rings. The lowest BCUT2D eigenvalue weighted by molar-refractivity contribution is -0.136. The molecule has 0 aromatic heterocycles. The largest absolute Gasteiger partial charge is 0.370 e. The highest BCUT2D eigenvalue weighted by Crippen LogP contribution is 2.05. The second-order valence-corrected chi connectivity index (χ2v) is 4.31. The second kappa shape index (κ2) is 8.05. The van der Waals surface area contributed by atoms with Gasteiger partial charge in [0, 0.05) is 39.1 Å². The van der Waals surface area contributed by atoms with Gasteiger partial charge >= 0.3 is 0 Å². The fourth-order valence-electron chi connectivity index (χ4n) is 1.97. The van der Waals surface area contributed by atoms with Gasteiger partial charge < -0.3 is 20.3 Å². The van der Waals surface area contributed by atoms with Gasteiger partial charge in [-0.15, -0.1) is 0 Å². The summed E-state index contributed by atoms with van der Waals surface area (Å²) in [5, 5.41) is 0. The van der Waals surface area contributed by atoms with Gasteiger partial charge in [0.05, 0.1) is 6.61 Å². The number of hydrogen-bond donors (Lipinski definition) is 1. The molecule has 0 radical (unpaired) electrons. The molecule has 0 aromatic rings. The normalized spacial score (nSPS) is 16.6. The molecule has 0 saturated carbocycles. The first-order valence-corrected chi connectivity index (χ1v) is 6.52. The Bertz CT molecular complexity index is 284. The number of carbonyl (C=O) groups is 2. The monoisotopic (exact) mass is 257 g/mol.